The van der Waals surface area contributed by atoms with Gasteiger partial charge in [0.1, 0.15) is 5.69 Å². The highest BCUT2D eigenvalue weighted by atomic mass is 32.1. The topological polar surface area (TPSA) is 31.9 Å². The molecule has 18 heavy (non-hydrogen) atoms. The van der Waals surface area contributed by atoms with Gasteiger partial charge in [0.25, 0.3) is 0 Å². The lowest BCUT2D eigenvalue weighted by Crippen LogP contribution is -2.30. The number of thiophene rings is 1. The Balaban J connectivity index is 1.95. The maximum Gasteiger partial charge on any atom is 0.107 e. The van der Waals surface area contributed by atoms with E-state index in [2.05, 4.69) is 40.4 Å². The molecule has 2 aromatic heterocycles. The van der Waals surface area contributed by atoms with E-state index in [0.29, 0.717) is 0 Å². The zero-order chi connectivity index (χ0) is 12.5. The van der Waals surface area contributed by atoms with E-state index >= 15 is 0 Å². The van der Waals surface area contributed by atoms with Crippen LogP contribution in [0.25, 0.3) is 10.6 Å². The summed E-state index contributed by atoms with van der Waals surface area (Å²) in [4.78, 5) is 3.86. The molecule has 0 saturated heterocycles. The lowest BCUT2D eigenvalue weighted by Gasteiger charge is -2.26. The van der Waals surface area contributed by atoms with Crippen molar-refractivity contribution in [3.05, 3.63) is 28.3 Å². The van der Waals surface area contributed by atoms with Crippen molar-refractivity contribution in [3.63, 3.8) is 0 Å². The van der Waals surface area contributed by atoms with E-state index in [1.165, 1.54) is 40.4 Å². The number of hydrogen-bond acceptors (Lipinski definition) is 3. The van der Waals surface area contributed by atoms with Crippen LogP contribution in [0.2, 0.25) is 0 Å². The van der Waals surface area contributed by atoms with Crippen LogP contribution < -0.4 is 0 Å². The number of aromatic nitrogens is 2. The van der Waals surface area contributed by atoms with Crippen LogP contribution in [-0.2, 0) is 13.0 Å². The fraction of sp³-hybridized carbons (Fsp3) is 0.500. The number of nitrogens with one attached hydrogen (secondary N) is 1. The second kappa shape index (κ2) is 4.86. The minimum atomic E-state index is 1.05. The monoisotopic (exact) mass is 261 g/mol. The van der Waals surface area contributed by atoms with Crippen molar-refractivity contribution in [3.8, 4) is 10.6 Å². The molecule has 0 saturated carbocycles. The molecule has 2 aromatic rings. The molecule has 4 heteroatoms. The van der Waals surface area contributed by atoms with E-state index in [1.54, 1.807) is 11.3 Å². The zero-order valence-electron chi connectivity index (χ0n) is 11.0. The lowest BCUT2D eigenvalue weighted by molar-refractivity contribution is 0.254. The van der Waals surface area contributed by atoms with E-state index in [1.807, 2.05) is 0 Å². The molecular formula is C14H19N3S. The van der Waals surface area contributed by atoms with Crippen LogP contribution in [-0.4, -0.2) is 28.2 Å². The normalized spacial score (nSPS) is 15.9. The number of H-pyrrole nitrogens is 1. The number of rotatable bonds is 3. The first-order valence-corrected chi connectivity index (χ1v) is 7.50. The summed E-state index contributed by atoms with van der Waals surface area (Å²) in [6.45, 7) is 7.81. The summed E-state index contributed by atoms with van der Waals surface area (Å²) < 4.78 is 0. The lowest BCUT2D eigenvalue weighted by atomic mass is 10.0. The van der Waals surface area contributed by atoms with Crippen molar-refractivity contribution in [2.75, 3.05) is 13.1 Å². The summed E-state index contributed by atoms with van der Waals surface area (Å²) >= 11 is 1.79. The fourth-order valence-corrected chi connectivity index (χ4v) is 3.60. The summed E-state index contributed by atoms with van der Waals surface area (Å²) in [6, 6.07) is 2.17. The highest BCUT2D eigenvalue weighted by Gasteiger charge is 2.23. The van der Waals surface area contributed by atoms with Gasteiger partial charge in [0, 0.05) is 30.8 Å². The quantitative estimate of drug-likeness (QED) is 0.920. The van der Waals surface area contributed by atoms with Crippen molar-refractivity contribution in [1.29, 1.82) is 0 Å². The zero-order valence-corrected chi connectivity index (χ0v) is 11.8. The van der Waals surface area contributed by atoms with E-state index < -0.39 is 0 Å². The summed E-state index contributed by atoms with van der Waals surface area (Å²) in [5.74, 6) is 0. The van der Waals surface area contributed by atoms with Gasteiger partial charge in [-0.05, 0) is 36.9 Å². The fourth-order valence-electron chi connectivity index (χ4n) is 2.66. The highest BCUT2D eigenvalue weighted by Crippen LogP contribution is 2.33. The SMILES string of the molecule is CCCN1CCc2[nH]nc(-c3sccc3C)c2C1. The summed E-state index contributed by atoms with van der Waals surface area (Å²) in [6.07, 6.45) is 2.33. The van der Waals surface area contributed by atoms with Gasteiger partial charge >= 0.3 is 0 Å². The number of nitrogens with zero attached hydrogens (tertiary/aromatic N) is 2. The van der Waals surface area contributed by atoms with Crippen LogP contribution in [0, 0.1) is 6.92 Å². The van der Waals surface area contributed by atoms with E-state index in [9.17, 15) is 0 Å². The molecule has 0 atom stereocenters. The Hall–Kier alpha value is -1.13. The Morgan fingerprint density at radius 1 is 1.50 bits per heavy atom. The molecule has 0 aromatic carbocycles. The minimum Gasteiger partial charge on any atom is -0.299 e. The first-order valence-electron chi connectivity index (χ1n) is 6.62. The molecule has 0 bridgehead atoms. The van der Waals surface area contributed by atoms with Gasteiger partial charge in [-0.3, -0.25) is 10.00 Å². The van der Waals surface area contributed by atoms with Crippen LogP contribution in [0.5, 0.6) is 0 Å². The average molecular weight is 261 g/mol. The number of aryl methyl sites for hydroxylation is 1. The molecule has 1 aliphatic heterocycles. The third kappa shape index (κ3) is 1.99. The standard InChI is InChI=1S/C14H19N3S/c1-3-6-17-7-4-12-11(9-17)13(16-15-12)14-10(2)5-8-18-14/h5,8H,3-4,6-7,9H2,1-2H3,(H,15,16). The molecular weight excluding hydrogens is 242 g/mol. The molecule has 0 aliphatic carbocycles. The van der Waals surface area contributed by atoms with Crippen molar-refractivity contribution in [1.82, 2.24) is 15.1 Å². The maximum absolute atomic E-state index is 4.55. The van der Waals surface area contributed by atoms with E-state index in [-0.39, 0.29) is 0 Å². The third-order valence-corrected chi connectivity index (χ3v) is 4.65. The van der Waals surface area contributed by atoms with Crippen molar-refractivity contribution in [2.24, 2.45) is 0 Å². The van der Waals surface area contributed by atoms with Crippen LogP contribution in [0.15, 0.2) is 11.4 Å². The van der Waals surface area contributed by atoms with Crippen LogP contribution >= 0.6 is 11.3 Å². The molecule has 0 fully saturated rings. The summed E-state index contributed by atoms with van der Waals surface area (Å²) in [5, 5.41) is 9.94. The minimum absolute atomic E-state index is 1.05. The van der Waals surface area contributed by atoms with Gasteiger partial charge in [-0.1, -0.05) is 6.92 Å². The van der Waals surface area contributed by atoms with E-state index in [4.69, 9.17) is 0 Å². The molecule has 0 spiro atoms. The van der Waals surface area contributed by atoms with Crippen molar-refractivity contribution >= 4 is 11.3 Å². The van der Waals surface area contributed by atoms with Gasteiger partial charge in [0.05, 0.1) is 4.88 Å². The first kappa shape index (κ1) is 11.9. The smallest absolute Gasteiger partial charge is 0.107 e. The predicted octanol–water partition coefficient (Wildman–Crippen LogP) is 3.21. The third-order valence-electron chi connectivity index (χ3n) is 3.63. The molecule has 0 unspecified atom stereocenters. The average Bonchev–Trinajstić information content (AvgIpc) is 2.95. The van der Waals surface area contributed by atoms with Crippen LogP contribution in [0.1, 0.15) is 30.2 Å². The van der Waals surface area contributed by atoms with Crippen molar-refractivity contribution in [2.45, 2.75) is 33.2 Å². The van der Waals surface area contributed by atoms with Gasteiger partial charge in [0.2, 0.25) is 0 Å². The van der Waals surface area contributed by atoms with Crippen LogP contribution in [0.4, 0.5) is 0 Å². The largest absolute Gasteiger partial charge is 0.299 e. The number of fused-ring (bicyclic) bond motifs is 1. The molecule has 1 aliphatic rings. The first-order chi connectivity index (χ1) is 8.79. The van der Waals surface area contributed by atoms with Crippen molar-refractivity contribution < 1.29 is 0 Å². The number of hydrogen-bond donors (Lipinski definition) is 1. The van der Waals surface area contributed by atoms with Gasteiger partial charge in [-0.2, -0.15) is 5.10 Å². The molecule has 3 rings (SSSR count). The Morgan fingerprint density at radius 2 is 2.39 bits per heavy atom. The highest BCUT2D eigenvalue weighted by molar-refractivity contribution is 7.13. The molecule has 3 heterocycles. The molecule has 0 radical (unpaired) electrons. The molecule has 96 valence electrons. The van der Waals surface area contributed by atoms with E-state index in [0.717, 1.165) is 19.5 Å². The molecule has 1 N–H and O–H groups in total. The Bertz CT molecular complexity index is 541. The Kier molecular flexibility index (Phi) is 3.22. The van der Waals surface area contributed by atoms with Gasteiger partial charge < -0.3 is 0 Å². The second-order valence-electron chi connectivity index (χ2n) is 4.99. The second-order valence-corrected chi connectivity index (χ2v) is 5.90. The Labute approximate surface area is 112 Å². The van der Waals surface area contributed by atoms with Gasteiger partial charge in [-0.15, -0.1) is 11.3 Å². The van der Waals surface area contributed by atoms with Crippen LogP contribution in [0.3, 0.4) is 0 Å². The Morgan fingerprint density at radius 3 is 3.11 bits per heavy atom. The predicted molar refractivity (Wildman–Crippen MR) is 75.9 cm³/mol. The van der Waals surface area contributed by atoms with Gasteiger partial charge in [-0.25, -0.2) is 0 Å². The summed E-state index contributed by atoms with van der Waals surface area (Å²) in [5.41, 5.74) is 5.27. The molecule has 0 amide bonds. The molecule has 3 nitrogen and oxygen atoms in total. The number of aromatic amines is 1. The maximum atomic E-state index is 4.55. The van der Waals surface area contributed by atoms with Gasteiger partial charge in [0.15, 0.2) is 0 Å². The summed E-state index contributed by atoms with van der Waals surface area (Å²) in [7, 11) is 0.